The summed E-state index contributed by atoms with van der Waals surface area (Å²) in [5.74, 6) is 0. The van der Waals surface area contributed by atoms with E-state index in [9.17, 15) is 0 Å². The third kappa shape index (κ3) is 6.35. The van der Waals surface area contributed by atoms with Gasteiger partial charge in [-0.1, -0.05) is 0 Å². The Bertz CT molecular complexity index is 685. The molecule has 0 amide bonds. The molecule has 0 fully saturated rings. The molecule has 2 heterocycles. The number of rotatable bonds is 13. The van der Waals surface area contributed by atoms with Crippen LogP contribution in [0.15, 0.2) is 24.3 Å². The fourth-order valence-corrected chi connectivity index (χ4v) is 27.9. The number of alkyl halides is 1. The van der Waals surface area contributed by atoms with E-state index >= 15 is 0 Å². The van der Waals surface area contributed by atoms with Crippen molar-refractivity contribution in [1.82, 2.24) is 0 Å². The summed E-state index contributed by atoms with van der Waals surface area (Å²) in [4.78, 5) is 2.98. The monoisotopic (exact) mass is 562 g/mol. The molecule has 0 aliphatic rings. The average molecular weight is 562 g/mol. The summed E-state index contributed by atoms with van der Waals surface area (Å²) in [6, 6.07) is 9.72. The van der Waals surface area contributed by atoms with Crippen molar-refractivity contribution < 1.29 is 0 Å². The van der Waals surface area contributed by atoms with Crippen molar-refractivity contribution in [2.75, 3.05) is 5.50 Å². The van der Waals surface area contributed by atoms with Crippen molar-refractivity contribution >= 4 is 68.1 Å². The molecule has 0 aromatic carbocycles. The Morgan fingerprint density at radius 2 is 1.29 bits per heavy atom. The quantitative estimate of drug-likeness (QED) is 0.171. The van der Waals surface area contributed by atoms with Gasteiger partial charge in [0.2, 0.25) is 0 Å². The van der Waals surface area contributed by atoms with E-state index in [0.717, 1.165) is 5.50 Å². The molecule has 2 aromatic heterocycles. The Morgan fingerprint density at radius 1 is 0.786 bits per heavy atom. The number of halogens is 1. The van der Waals surface area contributed by atoms with Crippen LogP contribution in [0.4, 0.5) is 0 Å². The number of hydrogen-bond donors (Lipinski definition) is 0. The van der Waals surface area contributed by atoms with Gasteiger partial charge in [-0.05, 0) is 0 Å². The number of unbranched alkanes of at least 4 members (excludes halogenated alkanes) is 3. The average Bonchev–Trinajstić information content (AvgIpc) is 3.38. The summed E-state index contributed by atoms with van der Waals surface area (Å²) < 4.78 is 8.08. The van der Waals surface area contributed by atoms with E-state index in [2.05, 4.69) is 69.5 Å². The number of hydrogen-bond acceptors (Lipinski definition) is 2. The standard InChI is InChI=1S/C11H12ClS2Si.3C4H9.Sn/c1-15(2,8-12)11-6-5-10(14-11)9-4-3-7-13-9;3*1-3-4-2;/h3-6H,8H2,1-2H3;3*1,3-4H2,2H3;. The molecular formula is C23H39ClS2SiSn. The predicted molar refractivity (Wildman–Crippen MR) is 140 cm³/mol. The molecule has 0 spiro atoms. The third-order valence-electron chi connectivity index (χ3n) is 6.01. The van der Waals surface area contributed by atoms with Gasteiger partial charge in [0.25, 0.3) is 0 Å². The molecule has 158 valence electrons. The molecule has 0 radical (unpaired) electrons. The summed E-state index contributed by atoms with van der Waals surface area (Å²) >= 11 is 8.16. The van der Waals surface area contributed by atoms with Crippen LogP contribution in [0.25, 0.3) is 9.75 Å². The Balaban J connectivity index is 2.34. The molecule has 0 bridgehead atoms. The van der Waals surface area contributed by atoms with Gasteiger partial charge >= 0.3 is 193 Å². The molecule has 0 nitrogen and oxygen atoms in total. The zero-order valence-corrected chi connectivity index (χ0v) is 24.8. The first-order valence-electron chi connectivity index (χ1n) is 11.2. The first-order valence-corrected chi connectivity index (χ1v) is 24.0. The molecule has 5 heteroatoms. The second-order valence-electron chi connectivity index (χ2n) is 8.94. The van der Waals surface area contributed by atoms with Crippen LogP contribution >= 0.6 is 34.3 Å². The molecule has 0 saturated carbocycles. The van der Waals surface area contributed by atoms with Crippen LogP contribution < -0.4 is 7.39 Å². The molecule has 0 atom stereocenters. The van der Waals surface area contributed by atoms with Crippen LogP contribution in [0.3, 0.4) is 0 Å². The van der Waals surface area contributed by atoms with Gasteiger partial charge in [-0.3, -0.25) is 0 Å². The fourth-order valence-electron chi connectivity index (χ4n) is 3.95. The fraction of sp³-hybridized carbons (Fsp3) is 0.652. The summed E-state index contributed by atoms with van der Waals surface area (Å²) in [5.41, 5.74) is 0.813. The van der Waals surface area contributed by atoms with Gasteiger partial charge in [0.1, 0.15) is 0 Å². The minimum absolute atomic E-state index is 0.813. The second kappa shape index (κ2) is 11.9. The molecule has 2 rings (SSSR count). The van der Waals surface area contributed by atoms with Crippen LogP contribution in [0.5, 0.6) is 0 Å². The Hall–Kier alpha value is 0.706. The van der Waals surface area contributed by atoms with E-state index in [1.807, 2.05) is 14.2 Å². The summed E-state index contributed by atoms with van der Waals surface area (Å²) in [7, 11) is -1.45. The van der Waals surface area contributed by atoms with Gasteiger partial charge in [-0.15, -0.1) is 0 Å². The van der Waals surface area contributed by atoms with Crippen LogP contribution in [-0.2, 0) is 0 Å². The topological polar surface area (TPSA) is 0 Å². The molecule has 28 heavy (non-hydrogen) atoms. The van der Waals surface area contributed by atoms with E-state index in [0.29, 0.717) is 0 Å². The Labute approximate surface area is 192 Å². The first kappa shape index (κ1) is 25.0. The van der Waals surface area contributed by atoms with Gasteiger partial charge in [-0.2, -0.15) is 0 Å². The zero-order chi connectivity index (χ0) is 20.6. The second-order valence-corrected chi connectivity index (χ2v) is 31.0. The zero-order valence-electron chi connectivity index (χ0n) is 18.6. The number of thiophene rings is 2. The maximum absolute atomic E-state index is 6.27. The van der Waals surface area contributed by atoms with Gasteiger partial charge in [0.05, 0.1) is 0 Å². The van der Waals surface area contributed by atoms with Crippen LogP contribution in [0.2, 0.25) is 26.4 Å². The normalized spacial score (nSPS) is 12.6. The molecule has 0 aliphatic carbocycles. The maximum atomic E-state index is 6.27. The van der Waals surface area contributed by atoms with Gasteiger partial charge in [0, 0.05) is 0 Å². The molecular weight excluding hydrogens is 523 g/mol. The van der Waals surface area contributed by atoms with Crippen molar-refractivity contribution in [1.29, 1.82) is 0 Å². The molecule has 2 aromatic rings. The Kier molecular flexibility index (Phi) is 10.6. The van der Waals surface area contributed by atoms with Crippen LogP contribution in [0, 0.1) is 0 Å². The minimum atomic E-state index is -2.28. The van der Waals surface area contributed by atoms with E-state index in [1.165, 1.54) is 48.3 Å². The summed E-state index contributed by atoms with van der Waals surface area (Å²) in [6.07, 6.45) is 8.37. The van der Waals surface area contributed by atoms with Crippen molar-refractivity contribution in [3.8, 4) is 9.75 Å². The van der Waals surface area contributed by atoms with Crippen molar-refractivity contribution in [2.45, 2.75) is 85.7 Å². The van der Waals surface area contributed by atoms with Gasteiger partial charge in [0.15, 0.2) is 0 Å². The van der Waals surface area contributed by atoms with Crippen molar-refractivity contribution in [2.24, 2.45) is 0 Å². The van der Waals surface area contributed by atoms with E-state index in [-0.39, 0.29) is 0 Å². The van der Waals surface area contributed by atoms with Gasteiger partial charge < -0.3 is 0 Å². The van der Waals surface area contributed by atoms with E-state index < -0.39 is 26.5 Å². The van der Waals surface area contributed by atoms with Crippen molar-refractivity contribution in [3.05, 3.63) is 24.3 Å². The van der Waals surface area contributed by atoms with Crippen molar-refractivity contribution in [3.63, 3.8) is 0 Å². The summed E-state index contributed by atoms with van der Waals surface area (Å²) in [6.45, 7) is 11.9. The molecule has 0 aliphatic heterocycles. The SMILES string of the molecule is CCC[CH2][Sn]([CH2]CCC)([CH2]CCC)[c]1ccc(-c2ccc([Si](C)(C)CCl)s2)s1. The molecule has 0 unspecified atom stereocenters. The Morgan fingerprint density at radius 3 is 1.79 bits per heavy atom. The van der Waals surface area contributed by atoms with E-state index in [4.69, 9.17) is 11.6 Å². The molecule has 0 N–H and O–H groups in total. The van der Waals surface area contributed by atoms with Gasteiger partial charge in [-0.25, -0.2) is 0 Å². The summed E-state index contributed by atoms with van der Waals surface area (Å²) in [5, 5.41) is 0. The predicted octanol–water partition coefficient (Wildman–Crippen LogP) is 8.23. The first-order chi connectivity index (χ1) is 13.4. The van der Waals surface area contributed by atoms with Crippen LogP contribution in [0.1, 0.15) is 59.3 Å². The molecule has 0 saturated heterocycles. The third-order valence-corrected chi connectivity index (χ3v) is 32.6. The van der Waals surface area contributed by atoms with E-state index in [1.54, 1.807) is 17.8 Å². The van der Waals surface area contributed by atoms with Crippen LogP contribution in [-0.4, -0.2) is 32.0 Å².